The first-order valence-corrected chi connectivity index (χ1v) is 4.55. The predicted molar refractivity (Wildman–Crippen MR) is 50.1 cm³/mol. The molecule has 1 aliphatic heterocycles. The lowest BCUT2D eigenvalue weighted by Crippen LogP contribution is -2.20. The Morgan fingerprint density at radius 2 is 2.50 bits per heavy atom. The molecule has 0 spiro atoms. The minimum Gasteiger partial charge on any atom is -0.411 e. The number of rotatable bonds is 2. The van der Waals surface area contributed by atoms with Gasteiger partial charge in [-0.1, -0.05) is 5.16 Å². The lowest BCUT2D eigenvalue weighted by atomic mass is 10.3. The van der Waals surface area contributed by atoms with Crippen LogP contribution in [0.4, 0.5) is 0 Å². The summed E-state index contributed by atoms with van der Waals surface area (Å²) < 4.78 is 0. The van der Waals surface area contributed by atoms with Crippen molar-refractivity contribution in [1.82, 2.24) is 19.9 Å². The highest BCUT2D eigenvalue weighted by Gasteiger charge is 2.19. The van der Waals surface area contributed by atoms with Crippen molar-refractivity contribution < 1.29 is 5.21 Å². The van der Waals surface area contributed by atoms with Gasteiger partial charge in [0.15, 0.2) is 0 Å². The van der Waals surface area contributed by atoms with E-state index in [1.54, 1.807) is 18.0 Å². The summed E-state index contributed by atoms with van der Waals surface area (Å²) in [7, 11) is 1.80. The summed E-state index contributed by atoms with van der Waals surface area (Å²) in [6.45, 7) is 2.43. The van der Waals surface area contributed by atoms with Gasteiger partial charge in [-0.2, -0.15) is 15.0 Å². The minimum atomic E-state index is 0.729. The van der Waals surface area contributed by atoms with Crippen molar-refractivity contribution in [2.45, 2.75) is 13.0 Å². The Morgan fingerprint density at radius 1 is 1.64 bits per heavy atom. The van der Waals surface area contributed by atoms with Gasteiger partial charge in [0, 0.05) is 33.1 Å². The van der Waals surface area contributed by atoms with Crippen LogP contribution in [0.15, 0.2) is 11.4 Å². The first kappa shape index (κ1) is 9.14. The van der Waals surface area contributed by atoms with E-state index in [0.29, 0.717) is 0 Å². The number of likely N-dealkylation sites (tertiary alicyclic amines) is 1. The lowest BCUT2D eigenvalue weighted by molar-refractivity contribution is 0.312. The molecule has 0 bridgehead atoms. The highest BCUT2D eigenvalue weighted by atomic mass is 16.4. The van der Waals surface area contributed by atoms with E-state index < -0.39 is 0 Å². The summed E-state index contributed by atoms with van der Waals surface area (Å²) in [5.74, 6) is 0. The molecule has 0 radical (unpaired) electrons. The standard InChI is InChI=1S/C8H13N5O/c1-12-9-4-8(10-12)6-13-3-2-7(5-13)11-14/h4,14H,2-3,5-6H2,1H3/b11-7+. The third-order valence-corrected chi connectivity index (χ3v) is 2.30. The smallest absolute Gasteiger partial charge is 0.0967 e. The van der Waals surface area contributed by atoms with Crippen LogP contribution in [0.5, 0.6) is 0 Å². The van der Waals surface area contributed by atoms with E-state index in [9.17, 15) is 0 Å². The molecule has 1 aliphatic rings. The fourth-order valence-corrected chi connectivity index (χ4v) is 1.61. The van der Waals surface area contributed by atoms with Crippen LogP contribution < -0.4 is 0 Å². The highest BCUT2D eigenvalue weighted by molar-refractivity contribution is 5.87. The fraction of sp³-hybridized carbons (Fsp3) is 0.625. The van der Waals surface area contributed by atoms with Gasteiger partial charge in [0.05, 0.1) is 17.6 Å². The summed E-state index contributed by atoms with van der Waals surface area (Å²) in [6.07, 6.45) is 2.60. The Bertz CT molecular complexity index is 345. The van der Waals surface area contributed by atoms with Crippen molar-refractivity contribution in [1.29, 1.82) is 0 Å². The Morgan fingerprint density at radius 3 is 3.07 bits per heavy atom. The van der Waals surface area contributed by atoms with Crippen LogP contribution in [0.1, 0.15) is 12.1 Å². The topological polar surface area (TPSA) is 66.5 Å². The zero-order chi connectivity index (χ0) is 9.97. The minimum absolute atomic E-state index is 0.729. The van der Waals surface area contributed by atoms with Crippen LogP contribution in [0.3, 0.4) is 0 Å². The Labute approximate surface area is 81.8 Å². The third kappa shape index (κ3) is 1.90. The van der Waals surface area contributed by atoms with Gasteiger partial charge < -0.3 is 5.21 Å². The van der Waals surface area contributed by atoms with E-state index in [4.69, 9.17) is 5.21 Å². The van der Waals surface area contributed by atoms with Crippen molar-refractivity contribution in [2.75, 3.05) is 13.1 Å². The maximum Gasteiger partial charge on any atom is 0.0967 e. The van der Waals surface area contributed by atoms with Crippen LogP contribution in [-0.2, 0) is 13.6 Å². The summed E-state index contributed by atoms with van der Waals surface area (Å²) in [6, 6.07) is 0. The maximum absolute atomic E-state index is 8.58. The number of nitrogens with zero attached hydrogens (tertiary/aromatic N) is 5. The Kier molecular flexibility index (Phi) is 2.45. The van der Waals surface area contributed by atoms with Gasteiger partial charge in [0.1, 0.15) is 0 Å². The number of oxime groups is 1. The van der Waals surface area contributed by atoms with Crippen LogP contribution in [0.25, 0.3) is 0 Å². The van der Waals surface area contributed by atoms with Gasteiger partial charge in [0.2, 0.25) is 0 Å². The highest BCUT2D eigenvalue weighted by Crippen LogP contribution is 2.09. The van der Waals surface area contributed by atoms with Gasteiger partial charge in [0.25, 0.3) is 0 Å². The van der Waals surface area contributed by atoms with Crippen LogP contribution in [0.2, 0.25) is 0 Å². The van der Waals surface area contributed by atoms with Gasteiger partial charge >= 0.3 is 0 Å². The average molecular weight is 195 g/mol. The van der Waals surface area contributed by atoms with E-state index >= 15 is 0 Å². The molecular formula is C8H13N5O. The van der Waals surface area contributed by atoms with Crippen LogP contribution in [-0.4, -0.2) is 43.9 Å². The molecule has 2 rings (SSSR count). The molecule has 6 nitrogen and oxygen atoms in total. The largest absolute Gasteiger partial charge is 0.411 e. The monoisotopic (exact) mass is 195 g/mol. The molecule has 1 fully saturated rings. The molecule has 1 aromatic heterocycles. The molecule has 0 aliphatic carbocycles. The summed E-state index contributed by atoms with van der Waals surface area (Å²) >= 11 is 0. The van der Waals surface area contributed by atoms with E-state index in [0.717, 1.165) is 37.5 Å². The normalized spacial score (nSPS) is 20.8. The molecule has 0 unspecified atom stereocenters. The second-order valence-electron chi connectivity index (χ2n) is 3.45. The van der Waals surface area contributed by atoms with Crippen molar-refractivity contribution in [3.05, 3.63) is 11.9 Å². The van der Waals surface area contributed by atoms with Crippen LogP contribution >= 0.6 is 0 Å². The van der Waals surface area contributed by atoms with Gasteiger partial charge in [-0.25, -0.2) is 0 Å². The molecule has 1 saturated heterocycles. The van der Waals surface area contributed by atoms with E-state index in [2.05, 4.69) is 20.3 Å². The quantitative estimate of drug-likeness (QED) is 0.526. The molecule has 2 heterocycles. The van der Waals surface area contributed by atoms with Crippen molar-refractivity contribution >= 4 is 5.71 Å². The molecule has 0 aromatic carbocycles. The summed E-state index contributed by atoms with van der Waals surface area (Å²) in [5, 5.41) is 20.0. The third-order valence-electron chi connectivity index (χ3n) is 2.30. The molecule has 0 atom stereocenters. The number of aryl methyl sites for hydroxylation is 1. The van der Waals surface area contributed by atoms with Crippen LogP contribution in [0, 0.1) is 0 Å². The van der Waals surface area contributed by atoms with Gasteiger partial charge in [-0.15, -0.1) is 0 Å². The zero-order valence-corrected chi connectivity index (χ0v) is 8.09. The van der Waals surface area contributed by atoms with E-state index in [1.165, 1.54) is 0 Å². The first-order valence-electron chi connectivity index (χ1n) is 4.55. The number of hydrogen-bond acceptors (Lipinski definition) is 5. The van der Waals surface area contributed by atoms with Crippen molar-refractivity contribution in [2.24, 2.45) is 12.2 Å². The molecule has 0 saturated carbocycles. The lowest BCUT2D eigenvalue weighted by Gasteiger charge is -2.10. The van der Waals surface area contributed by atoms with E-state index in [-0.39, 0.29) is 0 Å². The summed E-state index contributed by atoms with van der Waals surface area (Å²) in [4.78, 5) is 3.73. The van der Waals surface area contributed by atoms with Gasteiger partial charge in [-0.3, -0.25) is 4.90 Å². The molecule has 0 amide bonds. The zero-order valence-electron chi connectivity index (χ0n) is 8.09. The number of hydrogen-bond donors (Lipinski definition) is 1. The molecule has 1 aromatic rings. The fourth-order valence-electron chi connectivity index (χ4n) is 1.61. The second-order valence-corrected chi connectivity index (χ2v) is 3.45. The molecule has 76 valence electrons. The summed E-state index contributed by atoms with van der Waals surface area (Å²) in [5.41, 5.74) is 1.79. The SMILES string of the molecule is Cn1ncc(CN2CC/C(=N\O)C2)n1. The van der Waals surface area contributed by atoms with Crippen molar-refractivity contribution in [3.63, 3.8) is 0 Å². The molecular weight excluding hydrogens is 182 g/mol. The first-order chi connectivity index (χ1) is 6.78. The molecule has 1 N–H and O–H groups in total. The average Bonchev–Trinajstić information content (AvgIpc) is 2.76. The second kappa shape index (κ2) is 3.75. The van der Waals surface area contributed by atoms with E-state index in [1.807, 2.05) is 0 Å². The van der Waals surface area contributed by atoms with Crippen molar-refractivity contribution in [3.8, 4) is 0 Å². The Hall–Kier alpha value is -1.43. The van der Waals surface area contributed by atoms with Gasteiger partial charge in [-0.05, 0) is 0 Å². The number of aromatic nitrogens is 3. The Balaban J connectivity index is 1.93. The molecule has 6 heteroatoms. The predicted octanol–water partition coefficient (Wildman–Crippen LogP) is -0.149. The molecule has 14 heavy (non-hydrogen) atoms. The maximum atomic E-state index is 8.58.